The molecule has 0 unspecified atom stereocenters. The molecule has 62 heavy (non-hydrogen) atoms. The van der Waals surface area contributed by atoms with Crippen LogP contribution in [-0.2, 0) is 0 Å². The molecule has 0 spiro atoms. The van der Waals surface area contributed by atoms with Gasteiger partial charge in [0.1, 0.15) is 11.2 Å². The first kappa shape index (κ1) is 35.7. The Hall–Kier alpha value is -8.20. The molecule has 8 heterocycles. The quantitative estimate of drug-likeness (QED) is 0.158. The highest BCUT2D eigenvalue weighted by Crippen LogP contribution is 2.49. The number of fused-ring (bicyclic) bond motifs is 6. The Bertz CT molecular complexity index is 3360. The number of rotatable bonds is 7. The van der Waals surface area contributed by atoms with Gasteiger partial charge in [-0.15, -0.1) is 11.3 Å². The molecule has 0 aliphatic carbocycles. The second kappa shape index (κ2) is 14.8. The molecule has 0 aliphatic rings. The van der Waals surface area contributed by atoms with E-state index >= 15 is 0 Å². The number of benzene rings is 4. The maximum absolute atomic E-state index is 7.06. The van der Waals surface area contributed by atoms with Gasteiger partial charge in [0.2, 0.25) is 0 Å². The van der Waals surface area contributed by atoms with Crippen LogP contribution in [0.2, 0.25) is 0 Å². The molecule has 8 heteroatoms. The molecular formula is C54H32N6OS. The molecule has 0 saturated carbocycles. The normalized spacial score (nSPS) is 11.5. The molecule has 4 aromatic carbocycles. The highest BCUT2D eigenvalue weighted by Gasteiger charge is 2.22. The zero-order chi connectivity index (χ0) is 41.0. The molecule has 0 atom stereocenters. The van der Waals surface area contributed by atoms with Crippen molar-refractivity contribution in [2.24, 2.45) is 0 Å². The van der Waals surface area contributed by atoms with Crippen LogP contribution in [0.25, 0.3) is 120 Å². The number of pyridine rings is 6. The highest BCUT2D eigenvalue weighted by atomic mass is 32.1. The Morgan fingerprint density at radius 1 is 0.258 bits per heavy atom. The lowest BCUT2D eigenvalue weighted by Gasteiger charge is -2.12. The van der Waals surface area contributed by atoms with Gasteiger partial charge in [0.15, 0.2) is 0 Å². The lowest BCUT2D eigenvalue weighted by molar-refractivity contribution is 0.671. The summed E-state index contributed by atoms with van der Waals surface area (Å²) >= 11 is 1.83. The fourth-order valence-electron chi connectivity index (χ4n) is 8.70. The number of thiophene rings is 1. The predicted octanol–water partition coefficient (Wildman–Crippen LogP) is 14.0. The molecule has 7 nitrogen and oxygen atoms in total. The van der Waals surface area contributed by atoms with Crippen LogP contribution in [-0.4, -0.2) is 29.9 Å². The molecule has 0 aliphatic heterocycles. The maximum atomic E-state index is 7.06. The van der Waals surface area contributed by atoms with Crippen LogP contribution in [0.1, 0.15) is 0 Å². The van der Waals surface area contributed by atoms with Crippen molar-refractivity contribution in [2.75, 3.05) is 0 Å². The largest absolute Gasteiger partial charge is 0.455 e. The average Bonchev–Trinajstić information content (AvgIpc) is 3.93. The van der Waals surface area contributed by atoms with Crippen LogP contribution < -0.4 is 0 Å². The van der Waals surface area contributed by atoms with Gasteiger partial charge in [-0.3, -0.25) is 29.9 Å². The minimum absolute atomic E-state index is 0.817. The Morgan fingerprint density at radius 3 is 0.855 bits per heavy atom. The average molecular weight is 813 g/mol. The summed E-state index contributed by atoms with van der Waals surface area (Å²) < 4.78 is 9.49. The van der Waals surface area contributed by atoms with Crippen molar-refractivity contribution in [2.45, 2.75) is 0 Å². The first-order valence-corrected chi connectivity index (χ1v) is 21.1. The second-order valence-electron chi connectivity index (χ2n) is 15.2. The number of nitrogens with zero attached hydrogens (tertiary/aromatic N) is 6. The van der Waals surface area contributed by atoms with Gasteiger partial charge in [0, 0.05) is 128 Å². The lowest BCUT2D eigenvalue weighted by atomic mass is 9.91. The Morgan fingerprint density at radius 2 is 0.516 bits per heavy atom. The summed E-state index contributed by atoms with van der Waals surface area (Å²) in [6.45, 7) is 0. The molecule has 8 aromatic heterocycles. The summed E-state index contributed by atoms with van der Waals surface area (Å²) in [5.74, 6) is 0. The third-order valence-electron chi connectivity index (χ3n) is 11.7. The van der Waals surface area contributed by atoms with Gasteiger partial charge >= 0.3 is 0 Å². The number of hydrogen-bond donors (Lipinski definition) is 0. The lowest BCUT2D eigenvalue weighted by Crippen LogP contribution is -1.87. The minimum atomic E-state index is 0.817. The van der Waals surface area contributed by atoms with Crippen LogP contribution in [0.4, 0.5) is 0 Å². The summed E-state index contributed by atoms with van der Waals surface area (Å²) in [5, 5.41) is 4.43. The zero-order valence-electron chi connectivity index (χ0n) is 33.0. The van der Waals surface area contributed by atoms with Crippen molar-refractivity contribution in [3.8, 4) is 77.9 Å². The van der Waals surface area contributed by atoms with Crippen LogP contribution in [0.15, 0.2) is 200 Å². The van der Waals surface area contributed by atoms with E-state index in [0.717, 1.165) is 94.3 Å². The Balaban J connectivity index is 1.18. The van der Waals surface area contributed by atoms with E-state index < -0.39 is 0 Å². The monoisotopic (exact) mass is 812 g/mol. The molecule has 12 rings (SSSR count). The fraction of sp³-hybridized carbons (Fsp3) is 0. The van der Waals surface area contributed by atoms with Crippen LogP contribution in [0.3, 0.4) is 0 Å². The van der Waals surface area contributed by atoms with E-state index in [1.54, 1.807) is 0 Å². The molecular weight excluding hydrogens is 781 g/mol. The van der Waals surface area contributed by atoms with Crippen molar-refractivity contribution >= 4 is 53.4 Å². The van der Waals surface area contributed by atoms with Crippen molar-refractivity contribution in [3.05, 3.63) is 196 Å². The van der Waals surface area contributed by atoms with Gasteiger partial charge in [-0.2, -0.15) is 0 Å². The van der Waals surface area contributed by atoms with Gasteiger partial charge in [0.05, 0.1) is 0 Å². The SMILES string of the molecule is c1cc(-c2cc(-c3ccncc3)c3oc4c(-c5ccncc5)cc(-c5cc(-c6ccncc6)c6sc7c(-c8ccncc8)cc(-c8ccncc8)cc7c6c5)cc4c3c2)ccn1. The second-order valence-corrected chi connectivity index (χ2v) is 16.2. The number of aromatic nitrogens is 6. The van der Waals surface area contributed by atoms with Gasteiger partial charge in [0.25, 0.3) is 0 Å². The van der Waals surface area contributed by atoms with E-state index in [1.165, 1.54) is 25.7 Å². The number of furan rings is 1. The first-order chi connectivity index (χ1) is 30.7. The van der Waals surface area contributed by atoms with Crippen molar-refractivity contribution in [1.29, 1.82) is 0 Å². The third-order valence-corrected chi connectivity index (χ3v) is 13.0. The highest BCUT2D eigenvalue weighted by molar-refractivity contribution is 7.27. The Labute approximate surface area is 359 Å². The molecule has 0 radical (unpaired) electrons. The molecule has 0 fully saturated rings. The summed E-state index contributed by atoms with van der Waals surface area (Å²) in [6.07, 6.45) is 22.2. The molecule has 290 valence electrons. The van der Waals surface area contributed by atoms with Gasteiger partial charge in [-0.05, 0) is 177 Å². The van der Waals surface area contributed by atoms with Gasteiger partial charge < -0.3 is 4.42 Å². The first-order valence-electron chi connectivity index (χ1n) is 20.2. The zero-order valence-corrected chi connectivity index (χ0v) is 33.8. The Kier molecular flexibility index (Phi) is 8.53. The molecule has 0 saturated heterocycles. The van der Waals surface area contributed by atoms with E-state index in [0.29, 0.717) is 0 Å². The van der Waals surface area contributed by atoms with E-state index in [2.05, 4.69) is 139 Å². The molecule has 0 bridgehead atoms. The van der Waals surface area contributed by atoms with E-state index in [9.17, 15) is 0 Å². The molecule has 0 amide bonds. The van der Waals surface area contributed by atoms with Gasteiger partial charge in [-0.1, -0.05) is 0 Å². The maximum Gasteiger partial charge on any atom is 0.143 e. The summed E-state index contributed by atoms with van der Waals surface area (Å²) in [6, 6.07) is 43.2. The third kappa shape index (κ3) is 6.12. The van der Waals surface area contributed by atoms with Crippen LogP contribution in [0, 0.1) is 0 Å². The van der Waals surface area contributed by atoms with Crippen LogP contribution in [0.5, 0.6) is 0 Å². The van der Waals surface area contributed by atoms with E-state index in [-0.39, 0.29) is 0 Å². The molecule has 0 N–H and O–H groups in total. The number of hydrogen-bond acceptors (Lipinski definition) is 8. The fourth-order valence-corrected chi connectivity index (χ4v) is 10.0. The molecule has 12 aromatic rings. The van der Waals surface area contributed by atoms with E-state index in [4.69, 9.17) is 4.42 Å². The summed E-state index contributed by atoms with van der Waals surface area (Å²) in [7, 11) is 0. The summed E-state index contributed by atoms with van der Waals surface area (Å²) in [4.78, 5) is 26.1. The van der Waals surface area contributed by atoms with Crippen molar-refractivity contribution < 1.29 is 4.42 Å². The van der Waals surface area contributed by atoms with Gasteiger partial charge in [-0.25, -0.2) is 0 Å². The van der Waals surface area contributed by atoms with Crippen LogP contribution >= 0.6 is 11.3 Å². The topological polar surface area (TPSA) is 90.5 Å². The van der Waals surface area contributed by atoms with Crippen molar-refractivity contribution in [3.63, 3.8) is 0 Å². The van der Waals surface area contributed by atoms with E-state index in [1.807, 2.05) is 97.8 Å². The van der Waals surface area contributed by atoms with Crippen molar-refractivity contribution in [1.82, 2.24) is 29.9 Å². The predicted molar refractivity (Wildman–Crippen MR) is 251 cm³/mol. The summed E-state index contributed by atoms with van der Waals surface area (Å²) in [5.41, 5.74) is 16.8. The minimum Gasteiger partial charge on any atom is -0.455 e. The smallest absolute Gasteiger partial charge is 0.143 e. The standard InChI is InChI=1S/C54H32N6OS/c1-13-55-14-2-33(1)39-25-43(35-5-17-57-18-6-35)51-47(29-39)48-30-41(26-44(52(48)61-51)36-7-19-58-20-8-36)42-28-46(38-11-23-60-24-12-38)54-50(32-42)49-31-40(34-3-15-56-16-4-34)27-45(53(49)62-54)37-9-21-59-22-10-37/h1-32H.